The fraction of sp³-hybridized carbons (Fsp3) is 0.458. The smallest absolute Gasteiger partial charge is 0.370 e. The standard InChI is InChI=1S/C24H26ClF3N4O4S/c1-31(12-14-2-3-14)18(11-29-23(35)19-6-7-20(25)37-19)22(34)30-15-4-5-17(16(10-15)24(26,27)28)32-8-9-36-13-21(32)33/h4-7,10,14,18H,2-3,8-9,11-13H2,1H3,(H,29,35)(H,30,34)/t18-/m0/s1. The lowest BCUT2D eigenvalue weighted by atomic mass is 10.1. The van der Waals surface area contributed by atoms with Gasteiger partial charge in [0.15, 0.2) is 0 Å². The molecule has 2 aliphatic rings. The number of morpholine rings is 1. The molecule has 1 aliphatic carbocycles. The molecule has 1 aromatic heterocycles. The molecular formula is C24H26ClF3N4O4S. The Bertz CT molecular complexity index is 1170. The van der Waals surface area contributed by atoms with Crippen molar-refractivity contribution in [3.05, 3.63) is 45.1 Å². The number of rotatable bonds is 9. The maximum Gasteiger partial charge on any atom is 0.418 e. The summed E-state index contributed by atoms with van der Waals surface area (Å²) in [5.74, 6) is -1.09. The highest BCUT2D eigenvalue weighted by atomic mass is 35.5. The van der Waals surface area contributed by atoms with E-state index in [1.807, 2.05) is 0 Å². The first-order valence-electron chi connectivity index (χ1n) is 11.7. The zero-order valence-corrected chi connectivity index (χ0v) is 21.5. The second-order valence-electron chi connectivity index (χ2n) is 9.03. The van der Waals surface area contributed by atoms with Crippen molar-refractivity contribution >= 4 is 52.0 Å². The minimum absolute atomic E-state index is 0.00317. The van der Waals surface area contributed by atoms with E-state index >= 15 is 0 Å². The molecule has 37 heavy (non-hydrogen) atoms. The number of ether oxygens (including phenoxy) is 1. The fourth-order valence-electron chi connectivity index (χ4n) is 4.07. The summed E-state index contributed by atoms with van der Waals surface area (Å²) in [6.07, 6.45) is -2.68. The van der Waals surface area contributed by atoms with Crippen molar-refractivity contribution in [2.75, 3.05) is 50.1 Å². The summed E-state index contributed by atoms with van der Waals surface area (Å²) in [7, 11) is 1.74. The van der Waals surface area contributed by atoms with Crippen LogP contribution in [0.5, 0.6) is 0 Å². The normalized spacial score (nSPS) is 17.1. The Hall–Kier alpha value is -2.67. The van der Waals surface area contributed by atoms with Gasteiger partial charge in [-0.15, -0.1) is 11.3 Å². The number of benzene rings is 1. The number of amides is 3. The summed E-state index contributed by atoms with van der Waals surface area (Å²) >= 11 is 7.00. The number of halogens is 4. The molecule has 13 heteroatoms. The van der Waals surface area contributed by atoms with Crippen LogP contribution in [-0.4, -0.2) is 68.6 Å². The molecule has 0 unspecified atom stereocenters. The number of hydrogen-bond donors (Lipinski definition) is 2. The van der Waals surface area contributed by atoms with Crippen molar-refractivity contribution in [2.45, 2.75) is 25.1 Å². The molecule has 0 radical (unpaired) electrons. The molecule has 1 atom stereocenters. The predicted octanol–water partition coefficient (Wildman–Crippen LogP) is 3.86. The molecule has 2 fully saturated rings. The Labute approximate surface area is 220 Å². The van der Waals surface area contributed by atoms with Crippen molar-refractivity contribution in [1.82, 2.24) is 10.2 Å². The van der Waals surface area contributed by atoms with E-state index in [0.29, 0.717) is 21.7 Å². The predicted molar refractivity (Wildman–Crippen MR) is 134 cm³/mol. The third kappa shape index (κ3) is 7.01. The van der Waals surface area contributed by atoms with Gasteiger partial charge >= 0.3 is 6.18 Å². The molecule has 200 valence electrons. The van der Waals surface area contributed by atoms with Gasteiger partial charge in [0.05, 0.1) is 27.1 Å². The molecule has 2 aromatic rings. The number of carbonyl (C=O) groups is 3. The van der Waals surface area contributed by atoms with E-state index in [0.717, 1.165) is 35.1 Å². The average molecular weight is 559 g/mol. The Morgan fingerprint density at radius 3 is 2.65 bits per heavy atom. The van der Waals surface area contributed by atoms with E-state index in [-0.39, 0.29) is 37.7 Å². The van der Waals surface area contributed by atoms with Crippen molar-refractivity contribution in [2.24, 2.45) is 5.92 Å². The van der Waals surface area contributed by atoms with Gasteiger partial charge in [-0.2, -0.15) is 13.2 Å². The molecule has 2 heterocycles. The van der Waals surface area contributed by atoms with Gasteiger partial charge in [0.2, 0.25) is 5.91 Å². The van der Waals surface area contributed by atoms with E-state index in [1.165, 1.54) is 12.1 Å². The van der Waals surface area contributed by atoms with Gasteiger partial charge < -0.3 is 20.3 Å². The van der Waals surface area contributed by atoms with Gasteiger partial charge in [-0.05, 0) is 56.1 Å². The van der Waals surface area contributed by atoms with E-state index in [1.54, 1.807) is 24.1 Å². The van der Waals surface area contributed by atoms with Crippen LogP contribution in [0.25, 0.3) is 0 Å². The van der Waals surface area contributed by atoms with Gasteiger partial charge in [0, 0.05) is 25.3 Å². The largest absolute Gasteiger partial charge is 0.418 e. The molecule has 8 nitrogen and oxygen atoms in total. The third-order valence-electron chi connectivity index (χ3n) is 6.18. The summed E-state index contributed by atoms with van der Waals surface area (Å²) in [5, 5.41) is 5.28. The number of thiophene rings is 1. The summed E-state index contributed by atoms with van der Waals surface area (Å²) in [6.45, 7) is 0.394. The molecule has 3 amide bonds. The van der Waals surface area contributed by atoms with Crippen LogP contribution in [0.1, 0.15) is 28.1 Å². The van der Waals surface area contributed by atoms with Gasteiger partial charge in [-0.25, -0.2) is 0 Å². The van der Waals surface area contributed by atoms with Crippen LogP contribution in [0.3, 0.4) is 0 Å². The van der Waals surface area contributed by atoms with Crippen LogP contribution in [0.2, 0.25) is 4.34 Å². The fourth-order valence-corrected chi connectivity index (χ4v) is 5.03. The van der Waals surface area contributed by atoms with Gasteiger partial charge in [-0.1, -0.05) is 11.6 Å². The number of alkyl halides is 3. The number of anilines is 2. The Morgan fingerprint density at radius 1 is 1.27 bits per heavy atom. The number of likely N-dealkylation sites (N-methyl/N-ethyl adjacent to an activating group) is 1. The van der Waals surface area contributed by atoms with Crippen LogP contribution >= 0.6 is 22.9 Å². The minimum Gasteiger partial charge on any atom is -0.370 e. The molecule has 1 aliphatic heterocycles. The quantitative estimate of drug-likeness (QED) is 0.488. The summed E-state index contributed by atoms with van der Waals surface area (Å²) < 4.78 is 47.2. The highest BCUT2D eigenvalue weighted by Gasteiger charge is 2.37. The molecular weight excluding hydrogens is 533 g/mol. The topological polar surface area (TPSA) is 91.0 Å². The lowest BCUT2D eigenvalue weighted by Crippen LogP contribution is -2.49. The minimum atomic E-state index is -4.76. The monoisotopic (exact) mass is 558 g/mol. The zero-order chi connectivity index (χ0) is 26.7. The highest BCUT2D eigenvalue weighted by molar-refractivity contribution is 7.18. The second kappa shape index (κ2) is 11.4. The lowest BCUT2D eigenvalue weighted by Gasteiger charge is -2.30. The van der Waals surface area contributed by atoms with Crippen molar-refractivity contribution in [1.29, 1.82) is 0 Å². The van der Waals surface area contributed by atoms with Crippen molar-refractivity contribution < 1.29 is 32.3 Å². The van der Waals surface area contributed by atoms with Crippen molar-refractivity contribution in [3.8, 4) is 0 Å². The Morgan fingerprint density at radius 2 is 2.03 bits per heavy atom. The number of carbonyl (C=O) groups excluding carboxylic acids is 3. The van der Waals surface area contributed by atoms with Gasteiger partial charge in [0.25, 0.3) is 11.8 Å². The van der Waals surface area contributed by atoms with Crippen molar-refractivity contribution in [3.63, 3.8) is 0 Å². The van der Waals surface area contributed by atoms with Crippen LogP contribution in [0, 0.1) is 5.92 Å². The molecule has 1 saturated heterocycles. The average Bonchev–Trinajstić information content (AvgIpc) is 3.54. The maximum absolute atomic E-state index is 13.9. The van der Waals surface area contributed by atoms with Crippen LogP contribution in [-0.2, 0) is 20.5 Å². The lowest BCUT2D eigenvalue weighted by molar-refractivity contribution is -0.137. The highest BCUT2D eigenvalue weighted by Crippen LogP contribution is 2.39. The number of hydrogen-bond acceptors (Lipinski definition) is 6. The van der Waals surface area contributed by atoms with E-state index in [2.05, 4.69) is 10.6 Å². The van der Waals surface area contributed by atoms with E-state index in [9.17, 15) is 27.6 Å². The molecule has 0 bridgehead atoms. The Balaban J connectivity index is 1.52. The first kappa shape index (κ1) is 27.4. The summed E-state index contributed by atoms with van der Waals surface area (Å²) in [4.78, 5) is 41.1. The zero-order valence-electron chi connectivity index (χ0n) is 19.9. The Kier molecular flexibility index (Phi) is 8.42. The third-order valence-corrected chi connectivity index (χ3v) is 7.41. The van der Waals surface area contributed by atoms with Gasteiger partial charge in [-0.3, -0.25) is 19.3 Å². The number of nitrogens with zero attached hydrogens (tertiary/aromatic N) is 2. The van der Waals surface area contributed by atoms with E-state index < -0.39 is 35.5 Å². The SMILES string of the molecule is CN(CC1CC1)[C@@H](CNC(=O)c1ccc(Cl)s1)C(=O)Nc1ccc(N2CCOCC2=O)c(C(F)(F)F)c1. The summed E-state index contributed by atoms with van der Waals surface area (Å²) in [5.41, 5.74) is -1.39. The van der Waals surface area contributed by atoms with Crippen LogP contribution in [0.4, 0.5) is 24.5 Å². The number of nitrogens with one attached hydrogen (secondary N) is 2. The molecule has 0 spiro atoms. The summed E-state index contributed by atoms with van der Waals surface area (Å²) in [6, 6.07) is 5.67. The maximum atomic E-state index is 13.9. The molecule has 2 N–H and O–H groups in total. The molecule has 4 rings (SSSR count). The second-order valence-corrected chi connectivity index (χ2v) is 10.7. The first-order chi connectivity index (χ1) is 17.5. The first-order valence-corrected chi connectivity index (χ1v) is 12.9. The van der Waals surface area contributed by atoms with E-state index in [4.69, 9.17) is 16.3 Å². The van der Waals surface area contributed by atoms with Gasteiger partial charge in [0.1, 0.15) is 12.6 Å². The van der Waals surface area contributed by atoms with Crippen LogP contribution < -0.4 is 15.5 Å². The molecule has 1 saturated carbocycles. The van der Waals surface area contributed by atoms with Crippen LogP contribution in [0.15, 0.2) is 30.3 Å². The molecule has 1 aromatic carbocycles.